The van der Waals surface area contributed by atoms with Crippen LogP contribution in [-0.2, 0) is 14.3 Å². The highest BCUT2D eigenvalue weighted by atomic mass is 19.4. The predicted octanol–water partition coefficient (Wildman–Crippen LogP) is 1.85. The molecule has 0 aromatic heterocycles. The number of carbonyl (C=O) groups is 2. The van der Waals surface area contributed by atoms with Crippen molar-refractivity contribution in [3.63, 3.8) is 0 Å². The predicted molar refractivity (Wildman–Crippen MR) is 76.3 cm³/mol. The lowest BCUT2D eigenvalue weighted by atomic mass is 9.86. The number of carbonyl (C=O) groups excluding carboxylic acids is 2. The zero-order chi connectivity index (χ0) is 17.0. The fourth-order valence-electron chi connectivity index (χ4n) is 3.36. The van der Waals surface area contributed by atoms with E-state index in [1.165, 1.54) is 4.90 Å². The summed E-state index contributed by atoms with van der Waals surface area (Å²) in [5, 5.41) is 0. The third kappa shape index (κ3) is 5.37. The molecule has 2 N–H and O–H groups in total. The molecule has 23 heavy (non-hydrogen) atoms. The molecule has 2 fully saturated rings. The number of alkyl halides is 3. The second-order valence-electron chi connectivity index (χ2n) is 6.38. The molecule has 0 bridgehead atoms. The van der Waals surface area contributed by atoms with Crippen molar-refractivity contribution in [2.45, 2.75) is 50.8 Å². The van der Waals surface area contributed by atoms with E-state index in [0.29, 0.717) is 32.0 Å². The number of nitrogens with zero attached hydrogens (tertiary/aromatic N) is 1. The molecular weight excluding hydrogens is 313 g/mol. The van der Waals surface area contributed by atoms with Gasteiger partial charge in [0.25, 0.3) is 0 Å². The largest absolute Gasteiger partial charge is 0.389 e. The van der Waals surface area contributed by atoms with Crippen LogP contribution in [0.1, 0.15) is 38.5 Å². The van der Waals surface area contributed by atoms with E-state index >= 15 is 0 Å². The lowest BCUT2D eigenvalue weighted by molar-refractivity contribution is -0.150. The molecule has 2 rings (SSSR count). The van der Waals surface area contributed by atoms with Gasteiger partial charge in [-0.05, 0) is 31.6 Å². The van der Waals surface area contributed by atoms with Crippen LogP contribution in [0.5, 0.6) is 0 Å². The summed E-state index contributed by atoms with van der Waals surface area (Å²) < 4.78 is 42.0. The minimum atomic E-state index is -4.29. The molecule has 0 radical (unpaired) electrons. The Kier molecular flexibility index (Phi) is 5.89. The van der Waals surface area contributed by atoms with E-state index in [-0.39, 0.29) is 17.9 Å². The highest BCUT2D eigenvalue weighted by Crippen LogP contribution is 2.31. The topological polar surface area (TPSA) is 72.6 Å². The van der Waals surface area contributed by atoms with Crippen molar-refractivity contribution in [2.75, 3.05) is 19.7 Å². The van der Waals surface area contributed by atoms with Crippen molar-refractivity contribution in [1.29, 1.82) is 0 Å². The van der Waals surface area contributed by atoms with Gasteiger partial charge >= 0.3 is 6.18 Å². The molecule has 132 valence electrons. The van der Waals surface area contributed by atoms with E-state index in [4.69, 9.17) is 10.5 Å². The van der Waals surface area contributed by atoms with Crippen molar-refractivity contribution in [1.82, 2.24) is 4.90 Å². The van der Waals surface area contributed by atoms with Gasteiger partial charge in [0, 0.05) is 26.1 Å². The number of hydrogen-bond donors (Lipinski definition) is 1. The fraction of sp³-hybridized carbons (Fsp3) is 0.867. The van der Waals surface area contributed by atoms with Crippen LogP contribution >= 0.6 is 0 Å². The number of hydrogen-bond acceptors (Lipinski definition) is 3. The Morgan fingerprint density at radius 1 is 1.17 bits per heavy atom. The molecule has 2 atom stereocenters. The van der Waals surface area contributed by atoms with Crippen molar-refractivity contribution < 1.29 is 27.5 Å². The first-order valence-corrected chi connectivity index (χ1v) is 8.01. The van der Waals surface area contributed by atoms with Crippen LogP contribution in [0.4, 0.5) is 13.2 Å². The van der Waals surface area contributed by atoms with Crippen LogP contribution in [0.2, 0.25) is 0 Å². The molecule has 0 aromatic carbocycles. The Morgan fingerprint density at radius 2 is 1.83 bits per heavy atom. The van der Waals surface area contributed by atoms with E-state index in [1.54, 1.807) is 0 Å². The van der Waals surface area contributed by atoms with Crippen LogP contribution in [0.3, 0.4) is 0 Å². The Morgan fingerprint density at radius 3 is 2.39 bits per heavy atom. The number of piperidine rings is 1. The molecule has 0 saturated carbocycles. The molecule has 2 saturated heterocycles. The van der Waals surface area contributed by atoms with Gasteiger partial charge in [-0.25, -0.2) is 0 Å². The van der Waals surface area contributed by atoms with Crippen molar-refractivity contribution in [3.8, 4) is 0 Å². The Bertz CT molecular complexity index is 434. The van der Waals surface area contributed by atoms with Gasteiger partial charge in [-0.15, -0.1) is 0 Å². The average molecular weight is 336 g/mol. The summed E-state index contributed by atoms with van der Waals surface area (Å²) in [7, 11) is 0. The SMILES string of the molecule is NC(=O)[C@@H]1CCO[C@@H]1CC1CCN(C(=O)CCC(F)(F)F)CC1. The molecule has 2 amide bonds. The summed E-state index contributed by atoms with van der Waals surface area (Å²) in [4.78, 5) is 24.6. The summed E-state index contributed by atoms with van der Waals surface area (Å²) in [6, 6.07) is 0. The maximum atomic E-state index is 12.2. The van der Waals surface area contributed by atoms with Gasteiger partial charge in [0.1, 0.15) is 0 Å². The third-order valence-corrected chi connectivity index (χ3v) is 4.73. The first kappa shape index (κ1) is 18.0. The summed E-state index contributed by atoms with van der Waals surface area (Å²) in [6.07, 6.45) is -3.19. The molecule has 0 aromatic rings. The smallest absolute Gasteiger partial charge is 0.377 e. The van der Waals surface area contributed by atoms with Gasteiger partial charge in [-0.2, -0.15) is 13.2 Å². The minimum Gasteiger partial charge on any atom is -0.377 e. The van der Waals surface area contributed by atoms with E-state index in [1.807, 2.05) is 0 Å². The lowest BCUT2D eigenvalue weighted by Crippen LogP contribution is -2.40. The Hall–Kier alpha value is -1.31. The van der Waals surface area contributed by atoms with Gasteiger partial charge in [0.2, 0.25) is 11.8 Å². The van der Waals surface area contributed by atoms with Gasteiger partial charge in [-0.1, -0.05) is 0 Å². The quantitative estimate of drug-likeness (QED) is 0.833. The number of primary amides is 1. The number of ether oxygens (including phenoxy) is 1. The lowest BCUT2D eigenvalue weighted by Gasteiger charge is -2.33. The van der Waals surface area contributed by atoms with Crippen LogP contribution in [0.15, 0.2) is 0 Å². The van der Waals surface area contributed by atoms with E-state index in [0.717, 1.165) is 19.3 Å². The minimum absolute atomic E-state index is 0.162. The number of amides is 2. The van der Waals surface area contributed by atoms with Gasteiger partial charge < -0.3 is 15.4 Å². The standard InChI is InChI=1S/C15H23F3N2O3/c16-15(17,18)5-1-13(21)20-6-2-10(3-7-20)9-12-11(14(19)22)4-8-23-12/h10-12H,1-9H2,(H2,19,22)/t11-,12-/m1/s1. The maximum Gasteiger partial charge on any atom is 0.389 e. The number of halogens is 3. The van der Waals surface area contributed by atoms with Crippen LogP contribution in [0, 0.1) is 11.8 Å². The summed E-state index contributed by atoms with van der Waals surface area (Å²) in [5.74, 6) is -0.715. The highest BCUT2D eigenvalue weighted by Gasteiger charge is 2.36. The molecule has 2 aliphatic rings. The normalized spacial score (nSPS) is 26.5. The van der Waals surface area contributed by atoms with E-state index < -0.39 is 24.9 Å². The molecular formula is C15H23F3N2O3. The molecule has 0 aliphatic carbocycles. The van der Waals surface area contributed by atoms with E-state index in [9.17, 15) is 22.8 Å². The fourth-order valence-corrected chi connectivity index (χ4v) is 3.36. The maximum absolute atomic E-state index is 12.2. The number of rotatable bonds is 5. The summed E-state index contributed by atoms with van der Waals surface area (Å²) in [5.41, 5.74) is 5.36. The zero-order valence-corrected chi connectivity index (χ0v) is 13.0. The summed E-state index contributed by atoms with van der Waals surface area (Å²) >= 11 is 0. The molecule has 2 aliphatic heterocycles. The Balaban J connectivity index is 1.73. The van der Waals surface area contributed by atoms with Crippen molar-refractivity contribution in [2.24, 2.45) is 17.6 Å². The number of likely N-dealkylation sites (tertiary alicyclic amines) is 1. The molecule has 5 nitrogen and oxygen atoms in total. The van der Waals surface area contributed by atoms with Gasteiger partial charge in [0.05, 0.1) is 18.4 Å². The van der Waals surface area contributed by atoms with Gasteiger partial charge in [-0.3, -0.25) is 9.59 Å². The first-order valence-electron chi connectivity index (χ1n) is 8.01. The molecule has 0 unspecified atom stereocenters. The average Bonchev–Trinajstić information content (AvgIpc) is 2.93. The molecule has 8 heteroatoms. The van der Waals surface area contributed by atoms with E-state index in [2.05, 4.69) is 0 Å². The van der Waals surface area contributed by atoms with Gasteiger partial charge in [0.15, 0.2) is 0 Å². The zero-order valence-electron chi connectivity index (χ0n) is 13.0. The van der Waals surface area contributed by atoms with Crippen molar-refractivity contribution >= 4 is 11.8 Å². The molecule has 2 heterocycles. The second-order valence-corrected chi connectivity index (χ2v) is 6.38. The highest BCUT2D eigenvalue weighted by molar-refractivity contribution is 5.77. The second kappa shape index (κ2) is 7.51. The Labute approximate surface area is 133 Å². The molecule has 0 spiro atoms. The van der Waals surface area contributed by atoms with Crippen molar-refractivity contribution in [3.05, 3.63) is 0 Å². The van der Waals surface area contributed by atoms with Crippen LogP contribution in [-0.4, -0.2) is 48.7 Å². The van der Waals surface area contributed by atoms with Crippen LogP contribution in [0.25, 0.3) is 0 Å². The summed E-state index contributed by atoms with van der Waals surface area (Å²) in [6.45, 7) is 1.47. The number of nitrogens with two attached hydrogens (primary N) is 1. The first-order chi connectivity index (χ1) is 10.8. The monoisotopic (exact) mass is 336 g/mol. The van der Waals surface area contributed by atoms with Crippen LogP contribution < -0.4 is 5.73 Å². The third-order valence-electron chi connectivity index (χ3n) is 4.73.